The van der Waals surface area contributed by atoms with E-state index in [1.165, 1.54) is 19.2 Å². The molecule has 0 saturated heterocycles. The molecule has 0 aliphatic rings. The zero-order valence-corrected chi connectivity index (χ0v) is 16.2. The Bertz CT molecular complexity index is 946. The van der Waals surface area contributed by atoms with Gasteiger partial charge in [-0.3, -0.25) is 9.61 Å². The summed E-state index contributed by atoms with van der Waals surface area (Å²) in [5.74, 6) is -0.152. The molecule has 3 aromatic carbocycles. The fourth-order valence-corrected chi connectivity index (χ4v) is 3.45. The molecule has 6 nitrogen and oxygen atoms in total. The summed E-state index contributed by atoms with van der Waals surface area (Å²) in [6, 6.07) is 24.6. The van der Waals surface area contributed by atoms with Crippen LogP contribution in [0.15, 0.2) is 84.9 Å². The summed E-state index contributed by atoms with van der Waals surface area (Å²) in [6.07, 6.45) is 0. The minimum absolute atomic E-state index is 0.192. The molecule has 3 rings (SSSR count). The van der Waals surface area contributed by atoms with E-state index in [0.717, 1.165) is 5.56 Å². The van der Waals surface area contributed by atoms with Gasteiger partial charge in [-0.2, -0.15) is 0 Å². The number of nitrogens with one attached hydrogen (secondary N) is 1. The highest BCUT2D eigenvalue weighted by Gasteiger charge is 2.25. The topological polar surface area (TPSA) is 73.9 Å². The van der Waals surface area contributed by atoms with Gasteiger partial charge in [0, 0.05) is 12.8 Å². The molecule has 0 amide bonds. The molecular formula is C21H20NO5P. The van der Waals surface area contributed by atoms with Gasteiger partial charge in [0.15, 0.2) is 0 Å². The number of carbonyl (C=O) groups excluding carboxylic acids is 1. The summed E-state index contributed by atoms with van der Waals surface area (Å²) in [7, 11) is -2.30. The van der Waals surface area contributed by atoms with E-state index in [2.05, 4.69) is 5.09 Å². The fraction of sp³-hybridized carbons (Fsp3) is 0.0952. The van der Waals surface area contributed by atoms with Crippen LogP contribution < -0.4 is 9.61 Å². The van der Waals surface area contributed by atoms with Crippen LogP contribution in [0, 0.1) is 0 Å². The Labute approximate surface area is 163 Å². The lowest BCUT2D eigenvalue weighted by Gasteiger charge is -2.18. The first-order valence-electron chi connectivity index (χ1n) is 8.58. The Morgan fingerprint density at radius 2 is 1.50 bits per heavy atom. The summed E-state index contributed by atoms with van der Waals surface area (Å²) in [5.41, 5.74) is 1.88. The van der Waals surface area contributed by atoms with Crippen LogP contribution in [0.1, 0.15) is 15.9 Å². The summed E-state index contributed by atoms with van der Waals surface area (Å²) in [5, 5.41) is 2.75. The number of ether oxygens (including phenoxy) is 1. The summed E-state index contributed by atoms with van der Waals surface area (Å²) in [4.78, 5) is 12.2. The van der Waals surface area contributed by atoms with E-state index in [-0.39, 0.29) is 6.61 Å². The van der Waals surface area contributed by atoms with Crippen LogP contribution in [0.3, 0.4) is 0 Å². The highest BCUT2D eigenvalue weighted by molar-refractivity contribution is 7.55. The minimum atomic E-state index is -3.60. The minimum Gasteiger partial charge on any atom is -0.457 e. The van der Waals surface area contributed by atoms with Gasteiger partial charge >= 0.3 is 13.7 Å². The molecule has 0 bridgehead atoms. The van der Waals surface area contributed by atoms with Crippen molar-refractivity contribution in [2.45, 2.75) is 6.61 Å². The van der Waals surface area contributed by atoms with Crippen molar-refractivity contribution < 1.29 is 23.1 Å². The lowest BCUT2D eigenvalue weighted by atomic mass is 10.2. The van der Waals surface area contributed by atoms with Gasteiger partial charge in [0.2, 0.25) is 0 Å². The number of hydrogen-bond donors (Lipinski definition) is 1. The van der Waals surface area contributed by atoms with Crippen molar-refractivity contribution >= 4 is 19.4 Å². The van der Waals surface area contributed by atoms with Gasteiger partial charge in [-0.1, -0.05) is 48.5 Å². The highest BCUT2D eigenvalue weighted by atomic mass is 31.2. The van der Waals surface area contributed by atoms with Crippen molar-refractivity contribution in [1.82, 2.24) is 0 Å². The third-order valence-corrected chi connectivity index (χ3v) is 5.27. The average molecular weight is 397 g/mol. The lowest BCUT2D eigenvalue weighted by molar-refractivity contribution is 0.0472. The Hall–Kier alpha value is -3.08. The number of hydrogen-bond acceptors (Lipinski definition) is 5. The first-order valence-corrected chi connectivity index (χ1v) is 10.1. The molecule has 3 aromatic rings. The van der Waals surface area contributed by atoms with Crippen LogP contribution in [0.25, 0.3) is 0 Å². The monoisotopic (exact) mass is 397 g/mol. The van der Waals surface area contributed by atoms with Crippen LogP contribution >= 0.6 is 7.75 Å². The van der Waals surface area contributed by atoms with Crippen LogP contribution in [-0.2, 0) is 20.4 Å². The zero-order valence-electron chi connectivity index (χ0n) is 15.3. The van der Waals surface area contributed by atoms with Gasteiger partial charge in [-0.25, -0.2) is 9.36 Å². The van der Waals surface area contributed by atoms with Gasteiger partial charge in [-0.05, 0) is 42.0 Å². The first kappa shape index (κ1) is 19.7. The van der Waals surface area contributed by atoms with Crippen molar-refractivity contribution in [2.75, 3.05) is 12.2 Å². The number of anilines is 1. The molecule has 0 heterocycles. The average Bonchev–Trinajstić information content (AvgIpc) is 2.74. The molecule has 144 valence electrons. The zero-order chi connectivity index (χ0) is 19.8. The van der Waals surface area contributed by atoms with Gasteiger partial charge < -0.3 is 9.26 Å². The highest BCUT2D eigenvalue weighted by Crippen LogP contribution is 2.47. The second-order valence-electron chi connectivity index (χ2n) is 5.84. The molecule has 0 aromatic heterocycles. The van der Waals surface area contributed by atoms with Gasteiger partial charge in [0.1, 0.15) is 12.4 Å². The summed E-state index contributed by atoms with van der Waals surface area (Å²) in [6.45, 7) is 0.192. The van der Waals surface area contributed by atoms with E-state index in [0.29, 0.717) is 17.0 Å². The van der Waals surface area contributed by atoms with Crippen molar-refractivity contribution in [2.24, 2.45) is 0 Å². The van der Waals surface area contributed by atoms with E-state index >= 15 is 0 Å². The molecular weight excluding hydrogens is 377 g/mol. The molecule has 0 aliphatic heterocycles. The Morgan fingerprint density at radius 3 is 2.11 bits per heavy atom. The summed E-state index contributed by atoms with van der Waals surface area (Å²) >= 11 is 0. The lowest BCUT2D eigenvalue weighted by Crippen LogP contribution is -2.07. The second kappa shape index (κ2) is 9.22. The largest absolute Gasteiger partial charge is 0.486 e. The van der Waals surface area contributed by atoms with E-state index in [4.69, 9.17) is 13.8 Å². The van der Waals surface area contributed by atoms with E-state index in [1.807, 2.05) is 36.4 Å². The standard InChI is InChI=1S/C21H20NO5P/c1-25-28(24,22-19-10-6-3-7-11-19)27-20-14-12-18(13-15-20)21(23)26-16-17-8-4-2-5-9-17/h2-15H,16H2,1H3,(H,22,24). The van der Waals surface area contributed by atoms with Gasteiger partial charge in [0.05, 0.1) is 5.56 Å². The molecule has 1 N–H and O–H groups in total. The molecule has 7 heteroatoms. The van der Waals surface area contributed by atoms with E-state index < -0.39 is 13.7 Å². The molecule has 0 radical (unpaired) electrons. The first-order chi connectivity index (χ1) is 13.6. The summed E-state index contributed by atoms with van der Waals surface area (Å²) < 4.78 is 28.6. The molecule has 1 atom stereocenters. The van der Waals surface area contributed by atoms with Crippen LogP contribution in [0.2, 0.25) is 0 Å². The number of carbonyl (C=O) groups is 1. The second-order valence-corrected chi connectivity index (χ2v) is 7.60. The predicted molar refractivity (Wildman–Crippen MR) is 107 cm³/mol. The van der Waals surface area contributed by atoms with Crippen LogP contribution in [0.5, 0.6) is 5.75 Å². The molecule has 0 saturated carbocycles. The third kappa shape index (κ3) is 5.46. The molecule has 0 aliphatic carbocycles. The van der Waals surface area contributed by atoms with Crippen molar-refractivity contribution in [1.29, 1.82) is 0 Å². The number of rotatable bonds is 8. The maximum absolute atomic E-state index is 12.8. The Kier molecular flexibility index (Phi) is 6.48. The Balaban J connectivity index is 1.61. The van der Waals surface area contributed by atoms with E-state index in [9.17, 15) is 9.36 Å². The van der Waals surface area contributed by atoms with E-state index in [1.54, 1.807) is 36.4 Å². The van der Waals surface area contributed by atoms with Gasteiger partial charge in [-0.15, -0.1) is 0 Å². The number of esters is 1. The number of benzene rings is 3. The molecule has 0 spiro atoms. The maximum atomic E-state index is 12.8. The number of para-hydroxylation sites is 1. The Morgan fingerprint density at radius 1 is 0.893 bits per heavy atom. The van der Waals surface area contributed by atoms with Crippen LogP contribution in [-0.4, -0.2) is 13.1 Å². The SMILES string of the molecule is COP(=O)(Nc1ccccc1)Oc1ccc(C(=O)OCc2ccccc2)cc1. The maximum Gasteiger partial charge on any atom is 0.486 e. The normalized spacial score (nSPS) is 12.6. The predicted octanol–water partition coefficient (Wildman–Crippen LogP) is 5.29. The quantitative estimate of drug-likeness (QED) is 0.411. The van der Waals surface area contributed by atoms with Crippen molar-refractivity contribution in [3.8, 4) is 5.75 Å². The van der Waals surface area contributed by atoms with Crippen molar-refractivity contribution in [3.05, 3.63) is 96.1 Å². The molecule has 0 fully saturated rings. The molecule has 28 heavy (non-hydrogen) atoms. The van der Waals surface area contributed by atoms with Crippen LogP contribution in [0.4, 0.5) is 5.69 Å². The van der Waals surface area contributed by atoms with Gasteiger partial charge in [0.25, 0.3) is 0 Å². The van der Waals surface area contributed by atoms with Crippen molar-refractivity contribution in [3.63, 3.8) is 0 Å². The smallest absolute Gasteiger partial charge is 0.457 e. The fourth-order valence-electron chi connectivity index (χ4n) is 2.37. The molecule has 1 unspecified atom stereocenters. The third-order valence-electron chi connectivity index (χ3n) is 3.81.